The van der Waals surface area contributed by atoms with Crippen LogP contribution in [0.25, 0.3) is 11.0 Å². The van der Waals surface area contributed by atoms with Crippen LogP contribution in [0.15, 0.2) is 60.5 Å². The van der Waals surface area contributed by atoms with Gasteiger partial charge in [0.1, 0.15) is 18.0 Å². The monoisotopic (exact) mass is 402 g/mol. The molecule has 3 heterocycles. The van der Waals surface area contributed by atoms with Crippen LogP contribution in [-0.4, -0.2) is 48.4 Å². The third kappa shape index (κ3) is 3.44. The molecule has 1 aromatic carbocycles. The summed E-state index contributed by atoms with van der Waals surface area (Å²) >= 11 is 0. The second-order valence-electron chi connectivity index (χ2n) is 8.16. The molecule has 0 N–H and O–H groups in total. The van der Waals surface area contributed by atoms with E-state index in [1.165, 1.54) is 5.57 Å². The minimum Gasteiger partial charge on any atom is -0.342 e. The predicted molar refractivity (Wildman–Crippen MR) is 115 cm³/mol. The Hall–Kier alpha value is -3.22. The van der Waals surface area contributed by atoms with E-state index in [9.17, 15) is 4.79 Å². The van der Waals surface area contributed by atoms with Crippen LogP contribution in [0.2, 0.25) is 0 Å². The first kappa shape index (κ1) is 18.8. The number of piperidine rings is 1. The highest BCUT2D eigenvalue weighted by atomic mass is 16.2. The molecule has 1 aliphatic heterocycles. The van der Waals surface area contributed by atoms with Gasteiger partial charge < -0.3 is 9.47 Å². The fraction of sp³-hybridized carbons (Fsp3) is 0.391. The number of carbonyl (C=O) groups excluding carboxylic acids is 1. The maximum absolute atomic E-state index is 13.0. The second-order valence-corrected chi connectivity index (χ2v) is 8.16. The van der Waals surface area contributed by atoms with Gasteiger partial charge in [-0.1, -0.05) is 41.1 Å². The van der Waals surface area contributed by atoms with E-state index in [1.807, 2.05) is 46.2 Å². The van der Waals surface area contributed by atoms with Crippen molar-refractivity contribution >= 4 is 16.9 Å². The van der Waals surface area contributed by atoms with E-state index in [0.29, 0.717) is 12.6 Å². The van der Waals surface area contributed by atoms with Crippen molar-refractivity contribution in [3.05, 3.63) is 66.3 Å². The number of rotatable bonds is 4. The van der Waals surface area contributed by atoms with Crippen molar-refractivity contribution < 1.29 is 4.79 Å². The molecule has 0 bridgehead atoms. The van der Waals surface area contributed by atoms with Crippen molar-refractivity contribution in [3.8, 4) is 0 Å². The first-order valence-corrected chi connectivity index (χ1v) is 10.6. The smallest absolute Gasteiger partial charge is 0.233 e. The van der Waals surface area contributed by atoms with Gasteiger partial charge in [0.05, 0.1) is 11.4 Å². The molecule has 7 heteroatoms. The van der Waals surface area contributed by atoms with Gasteiger partial charge in [-0.2, -0.15) is 0 Å². The molecular formula is C23H26N6O. The highest BCUT2D eigenvalue weighted by Gasteiger charge is 2.30. The fourth-order valence-corrected chi connectivity index (χ4v) is 4.55. The Kier molecular flexibility index (Phi) is 4.94. The highest BCUT2D eigenvalue weighted by molar-refractivity contribution is 5.83. The summed E-state index contributed by atoms with van der Waals surface area (Å²) in [4.78, 5) is 19.6. The van der Waals surface area contributed by atoms with E-state index in [4.69, 9.17) is 0 Å². The minimum absolute atomic E-state index is 0.0853. The Balaban J connectivity index is 1.27. The number of hydrogen-bond donors (Lipinski definition) is 0. The van der Waals surface area contributed by atoms with Gasteiger partial charge in [0.2, 0.25) is 5.91 Å². The molecule has 1 fully saturated rings. The van der Waals surface area contributed by atoms with E-state index in [1.54, 1.807) is 0 Å². The molecule has 7 nitrogen and oxygen atoms in total. The van der Waals surface area contributed by atoms with Gasteiger partial charge in [-0.05, 0) is 38.3 Å². The van der Waals surface area contributed by atoms with Crippen LogP contribution < -0.4 is 0 Å². The molecule has 5 rings (SSSR count). The standard InChI is InChI=1S/C23H26N6O/c1-17-6-2-3-7-19(17)23(30)27-13-10-18(11-14-27)22-24-12-15-28(22)16-29-21-9-5-4-8-20(21)25-26-29/h3-9,12,15,18-19H,2,10-11,13-14,16H2,1H3. The van der Waals surface area contributed by atoms with Crippen molar-refractivity contribution in [3.63, 3.8) is 0 Å². The molecule has 1 saturated heterocycles. The Bertz CT molecular complexity index is 1120. The predicted octanol–water partition coefficient (Wildman–Crippen LogP) is 3.36. The number of carbonyl (C=O) groups is 1. The summed E-state index contributed by atoms with van der Waals surface area (Å²) in [5, 5.41) is 8.55. The lowest BCUT2D eigenvalue weighted by Gasteiger charge is -2.34. The number of allylic oxidation sites excluding steroid dienone is 2. The van der Waals surface area contributed by atoms with Crippen molar-refractivity contribution in [2.75, 3.05) is 13.1 Å². The maximum Gasteiger partial charge on any atom is 0.233 e. The lowest BCUT2D eigenvalue weighted by molar-refractivity contribution is -0.134. The largest absolute Gasteiger partial charge is 0.342 e. The van der Waals surface area contributed by atoms with Crippen LogP contribution in [0.1, 0.15) is 37.9 Å². The molecule has 1 amide bonds. The molecule has 1 atom stereocenters. The SMILES string of the molecule is CC1=CCC=CC1C(=O)N1CCC(c2nccn2Cn2nnc3ccccc32)CC1. The molecule has 1 unspecified atom stereocenters. The summed E-state index contributed by atoms with van der Waals surface area (Å²) < 4.78 is 4.06. The molecule has 30 heavy (non-hydrogen) atoms. The molecule has 3 aromatic rings. The van der Waals surface area contributed by atoms with E-state index in [0.717, 1.165) is 49.2 Å². The van der Waals surface area contributed by atoms with Gasteiger partial charge in [-0.25, -0.2) is 9.67 Å². The third-order valence-electron chi connectivity index (χ3n) is 6.29. The summed E-state index contributed by atoms with van der Waals surface area (Å²) in [6.07, 6.45) is 12.9. The van der Waals surface area contributed by atoms with Crippen molar-refractivity contribution in [2.24, 2.45) is 5.92 Å². The topological polar surface area (TPSA) is 68.8 Å². The van der Waals surface area contributed by atoms with Crippen LogP contribution in [0, 0.1) is 5.92 Å². The normalized spacial score (nSPS) is 20.0. The number of amides is 1. The van der Waals surface area contributed by atoms with Crippen LogP contribution in [-0.2, 0) is 11.5 Å². The molecule has 2 aliphatic rings. The van der Waals surface area contributed by atoms with E-state index in [-0.39, 0.29) is 11.8 Å². The van der Waals surface area contributed by atoms with E-state index in [2.05, 4.69) is 45.0 Å². The number of imidazole rings is 1. The summed E-state index contributed by atoms with van der Waals surface area (Å²) in [6.45, 7) is 4.20. The number of hydrogen-bond acceptors (Lipinski definition) is 4. The Morgan fingerprint density at radius 2 is 2.03 bits per heavy atom. The molecule has 2 aromatic heterocycles. The number of likely N-dealkylation sites (tertiary alicyclic amines) is 1. The lowest BCUT2D eigenvalue weighted by Crippen LogP contribution is -2.41. The Morgan fingerprint density at radius 3 is 2.87 bits per heavy atom. The zero-order valence-corrected chi connectivity index (χ0v) is 17.2. The number of aromatic nitrogens is 5. The molecule has 0 radical (unpaired) electrons. The summed E-state index contributed by atoms with van der Waals surface area (Å²) in [5.41, 5.74) is 3.08. The average Bonchev–Trinajstić information content (AvgIpc) is 3.41. The zero-order chi connectivity index (χ0) is 20.5. The molecule has 1 aliphatic carbocycles. The van der Waals surface area contributed by atoms with Crippen LogP contribution in [0.5, 0.6) is 0 Å². The van der Waals surface area contributed by atoms with Crippen molar-refractivity contribution in [1.29, 1.82) is 0 Å². The first-order chi connectivity index (χ1) is 14.7. The van der Waals surface area contributed by atoms with Crippen molar-refractivity contribution in [2.45, 2.75) is 38.8 Å². The average molecular weight is 403 g/mol. The van der Waals surface area contributed by atoms with Crippen LogP contribution in [0.4, 0.5) is 0 Å². The summed E-state index contributed by atoms with van der Waals surface area (Å²) in [7, 11) is 0. The Morgan fingerprint density at radius 1 is 1.20 bits per heavy atom. The van der Waals surface area contributed by atoms with Gasteiger partial charge in [0.25, 0.3) is 0 Å². The van der Waals surface area contributed by atoms with Gasteiger partial charge in [0, 0.05) is 31.4 Å². The van der Waals surface area contributed by atoms with E-state index < -0.39 is 0 Å². The first-order valence-electron chi connectivity index (χ1n) is 10.6. The summed E-state index contributed by atoms with van der Waals surface area (Å²) in [6, 6.07) is 7.98. The number of benzene rings is 1. The number of fused-ring (bicyclic) bond motifs is 1. The zero-order valence-electron chi connectivity index (χ0n) is 17.2. The van der Waals surface area contributed by atoms with Crippen LogP contribution >= 0.6 is 0 Å². The Labute approximate surface area is 175 Å². The van der Waals surface area contributed by atoms with Gasteiger partial charge in [-0.15, -0.1) is 5.10 Å². The fourth-order valence-electron chi connectivity index (χ4n) is 4.55. The summed E-state index contributed by atoms with van der Waals surface area (Å²) in [5.74, 6) is 1.56. The van der Waals surface area contributed by atoms with Gasteiger partial charge in [-0.3, -0.25) is 4.79 Å². The second kappa shape index (κ2) is 7.89. The number of para-hydroxylation sites is 1. The van der Waals surface area contributed by atoms with Crippen LogP contribution in [0.3, 0.4) is 0 Å². The molecule has 0 spiro atoms. The minimum atomic E-state index is -0.0853. The maximum atomic E-state index is 13.0. The van der Waals surface area contributed by atoms with Crippen molar-refractivity contribution in [1.82, 2.24) is 29.4 Å². The lowest BCUT2D eigenvalue weighted by atomic mass is 9.90. The van der Waals surface area contributed by atoms with Gasteiger partial charge >= 0.3 is 0 Å². The number of nitrogens with zero attached hydrogens (tertiary/aromatic N) is 6. The molecular weight excluding hydrogens is 376 g/mol. The van der Waals surface area contributed by atoms with E-state index >= 15 is 0 Å². The van der Waals surface area contributed by atoms with Gasteiger partial charge in [0.15, 0.2) is 0 Å². The quantitative estimate of drug-likeness (QED) is 0.628. The third-order valence-corrected chi connectivity index (χ3v) is 6.29. The molecule has 0 saturated carbocycles. The molecule has 154 valence electrons. The highest BCUT2D eigenvalue weighted by Crippen LogP contribution is 2.29.